The number of likely N-dealkylation sites (tertiary alicyclic amines) is 1. The van der Waals surface area contributed by atoms with E-state index in [1.165, 1.54) is 0 Å². The van der Waals surface area contributed by atoms with Crippen molar-refractivity contribution in [1.82, 2.24) is 24.9 Å². The van der Waals surface area contributed by atoms with Gasteiger partial charge in [0.15, 0.2) is 0 Å². The molecule has 33 heavy (non-hydrogen) atoms. The first kappa shape index (κ1) is 23.4. The predicted octanol–water partition coefficient (Wildman–Crippen LogP) is 5.23. The van der Waals surface area contributed by atoms with Gasteiger partial charge in [-0.05, 0) is 57.2 Å². The normalized spacial score (nSPS) is 19.2. The third-order valence-corrected chi connectivity index (χ3v) is 7.12. The lowest BCUT2D eigenvalue weighted by molar-refractivity contribution is -0.138. The van der Waals surface area contributed by atoms with Crippen LogP contribution < -0.4 is 0 Å². The Morgan fingerprint density at radius 1 is 1.21 bits per heavy atom. The zero-order valence-corrected chi connectivity index (χ0v) is 19.6. The fraction of sp³-hybridized carbons (Fsp3) is 0.478. The lowest BCUT2D eigenvalue weighted by atomic mass is 9.87. The number of hydrogen-bond acceptors (Lipinski definition) is 5. The molecule has 3 heterocycles. The summed E-state index contributed by atoms with van der Waals surface area (Å²) in [5.74, 6) is 0.157. The number of amides is 1. The molecular weight excluding hydrogens is 451 g/mol. The molecule has 1 aliphatic heterocycles. The summed E-state index contributed by atoms with van der Waals surface area (Å²) >= 11 is 0.577. The molecule has 0 saturated carbocycles. The number of carbonyl (C=O) groups is 1. The van der Waals surface area contributed by atoms with Gasteiger partial charge in [-0.3, -0.25) is 4.79 Å². The number of aryl methyl sites for hydroxylation is 3. The highest BCUT2D eigenvalue weighted by atomic mass is 32.1. The van der Waals surface area contributed by atoms with Gasteiger partial charge >= 0.3 is 6.18 Å². The van der Waals surface area contributed by atoms with Crippen molar-refractivity contribution in [2.75, 3.05) is 6.54 Å². The van der Waals surface area contributed by atoms with Crippen molar-refractivity contribution in [3.63, 3.8) is 0 Å². The minimum Gasteiger partial charge on any atom is -0.335 e. The monoisotopic (exact) mass is 477 g/mol. The second kappa shape index (κ2) is 9.24. The van der Waals surface area contributed by atoms with Crippen LogP contribution in [0.4, 0.5) is 13.2 Å². The molecule has 2 aromatic heterocycles. The number of carbonyl (C=O) groups excluding carboxylic acids is 1. The van der Waals surface area contributed by atoms with Gasteiger partial charge in [-0.15, -0.1) is 10.2 Å². The van der Waals surface area contributed by atoms with Crippen molar-refractivity contribution in [3.8, 4) is 5.69 Å². The van der Waals surface area contributed by atoms with Gasteiger partial charge in [-0.1, -0.05) is 29.9 Å². The largest absolute Gasteiger partial charge is 0.445 e. The lowest BCUT2D eigenvalue weighted by Gasteiger charge is -2.40. The van der Waals surface area contributed by atoms with E-state index in [1.807, 2.05) is 49.2 Å². The van der Waals surface area contributed by atoms with Gasteiger partial charge in [-0.25, -0.2) is 4.68 Å². The second-order valence-electron chi connectivity index (χ2n) is 8.65. The number of hydrogen-bond donors (Lipinski definition) is 0. The van der Waals surface area contributed by atoms with Crippen molar-refractivity contribution in [3.05, 3.63) is 57.3 Å². The van der Waals surface area contributed by atoms with Crippen LogP contribution in [-0.4, -0.2) is 43.4 Å². The van der Waals surface area contributed by atoms with Gasteiger partial charge in [0, 0.05) is 25.2 Å². The second-order valence-corrected chi connectivity index (χ2v) is 9.71. The summed E-state index contributed by atoms with van der Waals surface area (Å²) < 4.78 is 40.3. The number of benzene rings is 1. The Balaban J connectivity index is 1.58. The van der Waals surface area contributed by atoms with Crippen molar-refractivity contribution < 1.29 is 18.0 Å². The number of aromatic nitrogens is 4. The summed E-state index contributed by atoms with van der Waals surface area (Å²) in [6.07, 6.45) is 0.107. The molecule has 6 nitrogen and oxygen atoms in total. The van der Waals surface area contributed by atoms with Crippen LogP contribution in [0.15, 0.2) is 30.5 Å². The van der Waals surface area contributed by atoms with E-state index < -0.39 is 11.2 Å². The van der Waals surface area contributed by atoms with Crippen LogP contribution >= 0.6 is 11.3 Å². The van der Waals surface area contributed by atoms with Gasteiger partial charge in [0.2, 0.25) is 5.01 Å². The number of halogens is 3. The van der Waals surface area contributed by atoms with Crippen LogP contribution in [-0.2, 0) is 12.6 Å². The zero-order valence-electron chi connectivity index (χ0n) is 18.8. The lowest BCUT2D eigenvalue weighted by Crippen LogP contribution is -2.48. The standard InChI is InChI=1S/C23H26F3N5OS/c1-14-6-7-19(31-12-10-16(3)29-31)17(13-14)21(32)30-11-4-5-15(2)18(30)8-9-20-27-28-22(33-20)23(24,25)26/h6-7,10,12-13,15,18H,4-5,8-9,11H2,1-3H3/t15-,18-/m1/s1. The zero-order chi connectivity index (χ0) is 23.8. The van der Waals surface area contributed by atoms with Crippen molar-refractivity contribution in [2.24, 2.45) is 5.92 Å². The number of nitrogens with zero attached hydrogens (tertiary/aromatic N) is 5. The predicted molar refractivity (Wildman–Crippen MR) is 119 cm³/mol. The van der Waals surface area contributed by atoms with Gasteiger partial charge in [-0.2, -0.15) is 18.3 Å². The Labute approximate surface area is 194 Å². The Morgan fingerprint density at radius 3 is 2.67 bits per heavy atom. The summed E-state index contributed by atoms with van der Waals surface area (Å²) in [6.45, 7) is 6.55. The molecular formula is C23H26F3N5OS. The molecule has 4 rings (SSSR count). The molecule has 1 fully saturated rings. The van der Waals surface area contributed by atoms with E-state index in [0.29, 0.717) is 41.3 Å². The quantitative estimate of drug-likeness (QED) is 0.505. The highest BCUT2D eigenvalue weighted by Gasteiger charge is 2.36. The molecule has 0 radical (unpaired) electrons. The van der Waals surface area contributed by atoms with Gasteiger partial charge in [0.25, 0.3) is 5.91 Å². The molecule has 0 N–H and O–H groups in total. The fourth-order valence-corrected chi connectivity index (χ4v) is 5.13. The van der Waals surface area contributed by atoms with Gasteiger partial charge in [0.1, 0.15) is 5.01 Å². The number of rotatable bonds is 5. The molecule has 0 bridgehead atoms. The first-order valence-corrected chi connectivity index (χ1v) is 11.8. The number of alkyl halides is 3. The summed E-state index contributed by atoms with van der Waals surface area (Å²) in [6, 6.07) is 7.53. The topological polar surface area (TPSA) is 63.9 Å². The van der Waals surface area contributed by atoms with Gasteiger partial charge in [0.05, 0.1) is 16.9 Å². The minimum absolute atomic E-state index is 0.0772. The molecule has 3 aromatic rings. The van der Waals surface area contributed by atoms with Gasteiger partial charge < -0.3 is 4.90 Å². The molecule has 1 aliphatic rings. The Morgan fingerprint density at radius 2 is 2.00 bits per heavy atom. The van der Waals surface area contributed by atoms with E-state index in [9.17, 15) is 18.0 Å². The smallest absolute Gasteiger partial charge is 0.335 e. The molecule has 1 saturated heterocycles. The van der Waals surface area contributed by atoms with Crippen LogP contribution in [0, 0.1) is 19.8 Å². The molecule has 1 aromatic carbocycles. The van der Waals surface area contributed by atoms with E-state index in [0.717, 1.165) is 29.8 Å². The van der Waals surface area contributed by atoms with E-state index >= 15 is 0 Å². The summed E-state index contributed by atoms with van der Waals surface area (Å²) in [5.41, 5.74) is 3.12. The van der Waals surface area contributed by atoms with Crippen LogP contribution in [0.1, 0.15) is 57.8 Å². The van der Waals surface area contributed by atoms with E-state index in [2.05, 4.69) is 22.2 Å². The summed E-state index contributed by atoms with van der Waals surface area (Å²) in [4.78, 5) is 15.6. The Kier molecular flexibility index (Phi) is 6.56. The minimum atomic E-state index is -4.48. The summed E-state index contributed by atoms with van der Waals surface area (Å²) in [7, 11) is 0. The maximum absolute atomic E-state index is 13.8. The highest BCUT2D eigenvalue weighted by molar-refractivity contribution is 7.11. The molecule has 176 valence electrons. The Hall–Kier alpha value is -2.75. The van der Waals surface area contributed by atoms with E-state index in [4.69, 9.17) is 0 Å². The molecule has 1 amide bonds. The SMILES string of the molecule is Cc1ccc(-n2ccc(C)n2)c(C(=O)N2CCC[C@@H](C)[C@H]2CCc2nnc(C(F)(F)F)s2)c1. The van der Waals surface area contributed by atoms with Crippen LogP contribution in [0.25, 0.3) is 5.69 Å². The van der Waals surface area contributed by atoms with Crippen molar-refractivity contribution >= 4 is 17.2 Å². The van der Waals surface area contributed by atoms with E-state index in [1.54, 1.807) is 4.68 Å². The number of piperidine rings is 1. The Bertz CT molecular complexity index is 1140. The third kappa shape index (κ3) is 5.10. The van der Waals surface area contributed by atoms with E-state index in [-0.39, 0.29) is 17.9 Å². The maximum Gasteiger partial charge on any atom is 0.445 e. The van der Waals surface area contributed by atoms with Crippen LogP contribution in [0.2, 0.25) is 0 Å². The van der Waals surface area contributed by atoms with Crippen molar-refractivity contribution in [1.29, 1.82) is 0 Å². The molecule has 10 heteroatoms. The highest BCUT2D eigenvalue weighted by Crippen LogP contribution is 2.33. The van der Waals surface area contributed by atoms with Crippen LogP contribution in [0.5, 0.6) is 0 Å². The average Bonchev–Trinajstić information content (AvgIpc) is 3.41. The first-order chi connectivity index (χ1) is 15.6. The third-order valence-electron chi connectivity index (χ3n) is 6.09. The van der Waals surface area contributed by atoms with Crippen molar-refractivity contribution in [2.45, 2.75) is 58.7 Å². The average molecular weight is 478 g/mol. The maximum atomic E-state index is 13.8. The fourth-order valence-electron chi connectivity index (χ4n) is 4.41. The van der Waals surface area contributed by atoms with Crippen LogP contribution in [0.3, 0.4) is 0 Å². The molecule has 0 aliphatic carbocycles. The molecule has 2 atom stereocenters. The molecule has 0 spiro atoms. The molecule has 0 unspecified atom stereocenters. The summed E-state index contributed by atoms with van der Waals surface area (Å²) in [5, 5.41) is 10.9. The first-order valence-electron chi connectivity index (χ1n) is 11.0.